The molecule has 0 unspecified atom stereocenters. The Labute approximate surface area is 248 Å². The number of nitrogens with zero attached hydrogens (tertiary/aromatic N) is 2. The van der Waals surface area contributed by atoms with Crippen LogP contribution in [0.3, 0.4) is 0 Å². The first-order valence-electron chi connectivity index (χ1n) is 11.7. The lowest BCUT2D eigenvalue weighted by Gasteiger charge is -2.15. The van der Waals surface area contributed by atoms with Gasteiger partial charge in [0.2, 0.25) is 0 Å². The van der Waals surface area contributed by atoms with Crippen LogP contribution in [0.1, 0.15) is 25.0 Å². The fourth-order valence-electron chi connectivity index (χ4n) is 3.60. The molecule has 6 nitrogen and oxygen atoms in total. The van der Waals surface area contributed by atoms with Gasteiger partial charge < -0.3 is 14.2 Å². The minimum atomic E-state index is -0.0632. The maximum atomic E-state index is 13.2. The normalized spacial score (nSPS) is 15.5. The third kappa shape index (κ3) is 6.99. The Morgan fingerprint density at radius 2 is 1.73 bits per heavy atom. The summed E-state index contributed by atoms with van der Waals surface area (Å²) in [5.74, 6) is 2.05. The number of halogens is 2. The molecule has 0 atom stereocenters. The van der Waals surface area contributed by atoms with E-state index in [-0.39, 0.29) is 5.91 Å². The van der Waals surface area contributed by atoms with Crippen molar-refractivity contribution in [2.45, 2.75) is 20.5 Å². The number of rotatable bonds is 9. The predicted molar refractivity (Wildman–Crippen MR) is 167 cm³/mol. The topological polar surface area (TPSA) is 60.4 Å². The van der Waals surface area contributed by atoms with Crippen LogP contribution in [0, 0.1) is 7.14 Å². The summed E-state index contributed by atoms with van der Waals surface area (Å²) in [5, 5.41) is 0.654. The van der Waals surface area contributed by atoms with Gasteiger partial charge in [-0.25, -0.2) is 4.99 Å². The number of amides is 1. The Kier molecular flexibility index (Phi) is 9.77. The quantitative estimate of drug-likeness (QED) is 0.168. The van der Waals surface area contributed by atoms with Gasteiger partial charge in [0, 0.05) is 10.1 Å². The van der Waals surface area contributed by atoms with E-state index in [4.69, 9.17) is 19.2 Å². The molecule has 1 aliphatic heterocycles. The molecule has 0 radical (unpaired) electrons. The number of carbonyl (C=O) groups is 1. The molecule has 3 aromatic rings. The van der Waals surface area contributed by atoms with E-state index in [0.717, 1.165) is 26.1 Å². The van der Waals surface area contributed by atoms with E-state index in [1.807, 2.05) is 56.3 Å². The van der Waals surface area contributed by atoms with Crippen molar-refractivity contribution in [3.05, 3.63) is 83.8 Å². The fraction of sp³-hybridized carbons (Fsp3) is 0.214. The number of carbonyl (C=O) groups excluding carboxylic acids is 1. The Balaban J connectivity index is 1.59. The maximum Gasteiger partial charge on any atom is 0.266 e. The smallest absolute Gasteiger partial charge is 0.266 e. The number of benzene rings is 3. The van der Waals surface area contributed by atoms with Crippen molar-refractivity contribution < 1.29 is 19.0 Å². The van der Waals surface area contributed by atoms with E-state index in [0.29, 0.717) is 41.3 Å². The van der Waals surface area contributed by atoms with Crippen LogP contribution in [0.2, 0.25) is 0 Å². The van der Waals surface area contributed by atoms with Crippen LogP contribution in [0.25, 0.3) is 6.08 Å². The number of hydrogen-bond donors (Lipinski definition) is 0. The Morgan fingerprint density at radius 3 is 2.38 bits per heavy atom. The second kappa shape index (κ2) is 13.0. The van der Waals surface area contributed by atoms with Gasteiger partial charge in [0.25, 0.3) is 5.91 Å². The maximum absolute atomic E-state index is 13.2. The van der Waals surface area contributed by atoms with Gasteiger partial charge in [-0.1, -0.05) is 12.1 Å². The summed E-state index contributed by atoms with van der Waals surface area (Å²) in [6.07, 6.45) is 1.89. The first-order chi connectivity index (χ1) is 17.9. The van der Waals surface area contributed by atoms with E-state index in [1.54, 1.807) is 12.0 Å². The summed E-state index contributed by atoms with van der Waals surface area (Å²) < 4.78 is 19.4. The summed E-state index contributed by atoms with van der Waals surface area (Å²) in [4.78, 5) is 20.2. The van der Waals surface area contributed by atoms with E-state index in [1.165, 1.54) is 15.3 Å². The highest BCUT2D eigenvalue weighted by Crippen LogP contribution is 2.38. The summed E-state index contributed by atoms with van der Waals surface area (Å²) in [5.41, 5.74) is 2.71. The van der Waals surface area contributed by atoms with E-state index in [2.05, 4.69) is 69.4 Å². The molecule has 1 heterocycles. The molecular formula is C28H26I2N2O4S. The number of hydrogen-bond acceptors (Lipinski definition) is 6. The minimum absolute atomic E-state index is 0.0632. The van der Waals surface area contributed by atoms with Crippen LogP contribution in [-0.4, -0.2) is 36.2 Å². The van der Waals surface area contributed by atoms with Gasteiger partial charge in [0.15, 0.2) is 16.7 Å². The Hall–Kier alpha value is -2.25. The lowest BCUT2D eigenvalue weighted by molar-refractivity contribution is -0.122. The fourth-order valence-corrected chi connectivity index (χ4v) is 5.80. The first kappa shape index (κ1) is 27.8. The zero-order valence-corrected chi connectivity index (χ0v) is 25.8. The van der Waals surface area contributed by atoms with Crippen LogP contribution in [0.4, 0.5) is 5.69 Å². The van der Waals surface area contributed by atoms with Crippen molar-refractivity contribution in [2.75, 3.05) is 20.3 Å². The molecule has 0 aromatic heterocycles. The summed E-state index contributed by atoms with van der Waals surface area (Å²) >= 11 is 5.91. The van der Waals surface area contributed by atoms with E-state index < -0.39 is 0 Å². The van der Waals surface area contributed by atoms with Crippen LogP contribution in [0.15, 0.2) is 70.6 Å². The monoisotopic (exact) mass is 740 g/mol. The van der Waals surface area contributed by atoms with Gasteiger partial charge in [-0.2, -0.15) is 0 Å². The van der Waals surface area contributed by atoms with Gasteiger partial charge in [-0.3, -0.25) is 9.69 Å². The van der Waals surface area contributed by atoms with Gasteiger partial charge in [0.05, 0.1) is 27.9 Å². The zero-order chi connectivity index (χ0) is 26.4. The zero-order valence-electron chi connectivity index (χ0n) is 20.7. The average Bonchev–Trinajstić information content (AvgIpc) is 3.18. The van der Waals surface area contributed by atoms with Gasteiger partial charge in [-0.05, 0) is 137 Å². The highest BCUT2D eigenvalue weighted by atomic mass is 127. The number of methoxy groups -OCH3 is 1. The highest BCUT2D eigenvalue weighted by Gasteiger charge is 2.32. The van der Waals surface area contributed by atoms with Gasteiger partial charge in [0.1, 0.15) is 12.4 Å². The van der Waals surface area contributed by atoms with Gasteiger partial charge >= 0.3 is 0 Å². The lowest BCUT2D eigenvalue weighted by atomic mass is 10.1. The molecule has 0 N–H and O–H groups in total. The summed E-state index contributed by atoms with van der Waals surface area (Å²) in [6.45, 7) is 5.37. The van der Waals surface area contributed by atoms with Crippen molar-refractivity contribution in [3.8, 4) is 17.2 Å². The van der Waals surface area contributed by atoms with Crippen molar-refractivity contribution in [1.29, 1.82) is 0 Å². The lowest BCUT2D eigenvalue weighted by Crippen LogP contribution is -2.28. The summed E-state index contributed by atoms with van der Waals surface area (Å²) in [7, 11) is 1.63. The second-order valence-electron chi connectivity index (χ2n) is 7.93. The Bertz CT molecular complexity index is 1330. The second-order valence-corrected chi connectivity index (χ2v) is 11.3. The standard InChI is InChI=1S/C28H26I2N2O4S/c1-4-32-27(33)25(37-28(32)31-21-10-12-22(34-3)13-11-21)16-19-14-23(30)26(24(15-19)35-5-2)36-17-18-6-8-20(29)9-7-18/h6-16H,4-5,17H2,1-3H3/b25-16+,31-28?. The largest absolute Gasteiger partial charge is 0.497 e. The number of amidine groups is 1. The van der Waals surface area contributed by atoms with Crippen LogP contribution in [0.5, 0.6) is 17.2 Å². The molecule has 0 bridgehead atoms. The average molecular weight is 740 g/mol. The number of ether oxygens (including phenoxy) is 3. The molecule has 0 aliphatic carbocycles. The summed E-state index contributed by atoms with van der Waals surface area (Å²) in [6, 6.07) is 19.6. The van der Waals surface area contributed by atoms with Crippen molar-refractivity contribution >= 4 is 79.8 Å². The molecule has 3 aromatic carbocycles. The van der Waals surface area contributed by atoms with E-state index in [9.17, 15) is 4.79 Å². The molecule has 0 spiro atoms. The SMILES string of the molecule is CCOc1cc(/C=C2/SC(=Nc3ccc(OC)cc3)N(CC)C2=O)cc(I)c1OCc1ccc(I)cc1. The van der Waals surface area contributed by atoms with Crippen LogP contribution >= 0.6 is 56.9 Å². The molecule has 4 rings (SSSR count). The van der Waals surface area contributed by atoms with Crippen LogP contribution < -0.4 is 14.2 Å². The third-order valence-electron chi connectivity index (χ3n) is 5.43. The molecule has 1 fully saturated rings. The van der Waals surface area contributed by atoms with Gasteiger partial charge in [-0.15, -0.1) is 0 Å². The Morgan fingerprint density at radius 1 is 1.00 bits per heavy atom. The van der Waals surface area contributed by atoms with Crippen LogP contribution in [-0.2, 0) is 11.4 Å². The molecule has 192 valence electrons. The van der Waals surface area contributed by atoms with Crippen molar-refractivity contribution in [1.82, 2.24) is 4.90 Å². The molecule has 37 heavy (non-hydrogen) atoms. The molecule has 0 saturated carbocycles. The molecule has 9 heteroatoms. The molecular weight excluding hydrogens is 714 g/mol. The molecule has 1 amide bonds. The van der Waals surface area contributed by atoms with E-state index >= 15 is 0 Å². The van der Waals surface area contributed by atoms with Crippen molar-refractivity contribution in [3.63, 3.8) is 0 Å². The molecule has 1 aliphatic rings. The minimum Gasteiger partial charge on any atom is -0.497 e. The molecule has 1 saturated heterocycles. The number of aliphatic imine (C=N–C) groups is 1. The first-order valence-corrected chi connectivity index (χ1v) is 14.7. The predicted octanol–water partition coefficient (Wildman–Crippen LogP) is 7.51. The van der Waals surface area contributed by atoms with Crippen molar-refractivity contribution in [2.24, 2.45) is 4.99 Å². The highest BCUT2D eigenvalue weighted by molar-refractivity contribution is 14.1. The third-order valence-corrected chi connectivity index (χ3v) is 7.95. The number of thioether (sulfide) groups is 1. The number of likely N-dealkylation sites (N-methyl/N-ethyl adjacent to an activating group) is 1.